The predicted molar refractivity (Wildman–Crippen MR) is 71.7 cm³/mol. The minimum atomic E-state index is -0.209. The molecular weight excluding hydrogens is 228 g/mol. The summed E-state index contributed by atoms with van der Waals surface area (Å²) in [6.07, 6.45) is 4.44. The second-order valence-electron chi connectivity index (χ2n) is 4.29. The van der Waals surface area contributed by atoms with Gasteiger partial charge in [-0.25, -0.2) is 0 Å². The van der Waals surface area contributed by atoms with Crippen LogP contribution in [0.2, 0.25) is 0 Å². The Balaban J connectivity index is 2.03. The van der Waals surface area contributed by atoms with Crippen molar-refractivity contribution in [1.29, 1.82) is 0 Å². The summed E-state index contributed by atoms with van der Waals surface area (Å²) >= 11 is 0. The molecule has 0 aliphatic heterocycles. The third-order valence-electron chi connectivity index (χ3n) is 2.63. The van der Waals surface area contributed by atoms with Gasteiger partial charge in [0, 0.05) is 5.28 Å². The molecule has 1 aromatic rings. The summed E-state index contributed by atoms with van der Waals surface area (Å²) in [6, 6.07) is 9.46. The highest BCUT2D eigenvalue weighted by molar-refractivity contribution is 5.34. The lowest BCUT2D eigenvalue weighted by Gasteiger charge is -2.08. The van der Waals surface area contributed by atoms with Crippen LogP contribution in [-0.4, -0.2) is 17.8 Å². The molecule has 0 spiro atoms. The molecule has 18 heavy (non-hydrogen) atoms. The van der Waals surface area contributed by atoms with Crippen molar-refractivity contribution in [3.05, 3.63) is 30.3 Å². The number of nitrogens with zero attached hydrogens (tertiary/aromatic N) is 2. The quantitative estimate of drug-likeness (QED) is 0.408. The molecule has 0 saturated carbocycles. The Labute approximate surface area is 109 Å². The molecule has 100 valence electrons. The van der Waals surface area contributed by atoms with Gasteiger partial charge in [-0.15, -0.1) is 5.11 Å². The summed E-state index contributed by atoms with van der Waals surface area (Å²) < 4.78 is 0. The third-order valence-corrected chi connectivity index (χ3v) is 2.63. The molecular formula is C14H22N2O2. The van der Waals surface area contributed by atoms with E-state index in [0.717, 1.165) is 37.8 Å². The van der Waals surface area contributed by atoms with Crippen molar-refractivity contribution in [2.75, 3.05) is 6.61 Å². The van der Waals surface area contributed by atoms with Crippen molar-refractivity contribution in [3.8, 4) is 0 Å². The highest BCUT2D eigenvalue weighted by Crippen LogP contribution is 2.10. The van der Waals surface area contributed by atoms with Crippen molar-refractivity contribution >= 4 is 5.69 Å². The van der Waals surface area contributed by atoms with Crippen LogP contribution >= 0.6 is 0 Å². The number of unbranched alkanes of at least 4 members (excludes halogenated alkanes) is 1. The molecule has 0 aliphatic rings. The lowest BCUT2D eigenvalue weighted by molar-refractivity contribution is 0.0969. The molecule has 1 rings (SSSR count). The summed E-state index contributed by atoms with van der Waals surface area (Å²) in [6.45, 7) is 2.62. The Bertz CT molecular complexity index is 328. The minimum absolute atomic E-state index is 0.209. The zero-order chi connectivity index (χ0) is 13.1. The topological polar surface area (TPSA) is 54.2 Å². The highest BCUT2D eigenvalue weighted by atomic mass is 16.6. The van der Waals surface area contributed by atoms with Gasteiger partial charge in [-0.2, -0.15) is 0 Å². The van der Waals surface area contributed by atoms with E-state index in [1.165, 1.54) is 0 Å². The first-order chi connectivity index (χ1) is 8.83. The number of benzene rings is 1. The van der Waals surface area contributed by atoms with Gasteiger partial charge in [-0.3, -0.25) is 0 Å². The van der Waals surface area contributed by atoms with E-state index in [-0.39, 0.29) is 6.10 Å². The maximum Gasteiger partial charge on any atom is 0.119 e. The van der Waals surface area contributed by atoms with Gasteiger partial charge in [-0.05, 0) is 31.4 Å². The lowest BCUT2D eigenvalue weighted by atomic mass is 10.1. The number of aliphatic hydroxyl groups is 1. The predicted octanol–water partition coefficient (Wildman–Crippen LogP) is 4.03. The molecule has 0 fully saturated rings. The van der Waals surface area contributed by atoms with Crippen LogP contribution < -0.4 is 0 Å². The number of aliphatic hydroxyl groups excluding tert-OH is 1. The van der Waals surface area contributed by atoms with Crippen molar-refractivity contribution in [3.63, 3.8) is 0 Å². The molecule has 4 heteroatoms. The highest BCUT2D eigenvalue weighted by Gasteiger charge is 2.02. The molecule has 0 aliphatic carbocycles. The van der Waals surface area contributed by atoms with Gasteiger partial charge in [-0.1, -0.05) is 38.0 Å². The normalized spacial score (nSPS) is 12.8. The number of rotatable bonds is 9. The van der Waals surface area contributed by atoms with Crippen LogP contribution in [0.4, 0.5) is 5.69 Å². The summed E-state index contributed by atoms with van der Waals surface area (Å²) in [5.41, 5.74) is 0.778. The van der Waals surface area contributed by atoms with Crippen LogP contribution in [0, 0.1) is 0 Å². The second-order valence-corrected chi connectivity index (χ2v) is 4.29. The first-order valence-corrected chi connectivity index (χ1v) is 6.59. The number of hydrogen-bond donors (Lipinski definition) is 1. The van der Waals surface area contributed by atoms with Crippen LogP contribution in [0.5, 0.6) is 0 Å². The van der Waals surface area contributed by atoms with Crippen molar-refractivity contribution in [2.24, 2.45) is 10.4 Å². The first-order valence-electron chi connectivity index (χ1n) is 6.59. The molecule has 1 unspecified atom stereocenters. The van der Waals surface area contributed by atoms with Crippen LogP contribution in [0.1, 0.15) is 39.0 Å². The third kappa shape index (κ3) is 7.01. The molecule has 1 atom stereocenters. The monoisotopic (exact) mass is 250 g/mol. The average Bonchev–Trinajstić information content (AvgIpc) is 2.41. The standard InChI is InChI=1S/C14H22N2O2/c1-2-3-10-14(17)11-7-12-18-16-15-13-8-5-4-6-9-13/h4-6,8-9,14,17H,2-3,7,10-12H2,1H3. The number of hydrogen-bond acceptors (Lipinski definition) is 4. The summed E-state index contributed by atoms with van der Waals surface area (Å²) in [5.74, 6) is 0. The molecule has 0 bridgehead atoms. The molecule has 0 aromatic heterocycles. The maximum atomic E-state index is 9.61. The maximum absolute atomic E-state index is 9.61. The molecule has 0 heterocycles. The minimum Gasteiger partial charge on any atom is -0.393 e. The second kappa shape index (κ2) is 9.59. The van der Waals surface area contributed by atoms with Crippen molar-refractivity contribution < 1.29 is 9.94 Å². The van der Waals surface area contributed by atoms with Gasteiger partial charge < -0.3 is 9.94 Å². The van der Waals surface area contributed by atoms with Gasteiger partial charge in [0.2, 0.25) is 0 Å². The van der Waals surface area contributed by atoms with Gasteiger partial charge in [0.15, 0.2) is 0 Å². The van der Waals surface area contributed by atoms with Crippen molar-refractivity contribution in [2.45, 2.75) is 45.1 Å². The molecule has 0 radical (unpaired) electrons. The van der Waals surface area contributed by atoms with E-state index in [2.05, 4.69) is 17.3 Å². The Kier molecular flexibility index (Phi) is 7.80. The molecule has 1 N–H and O–H groups in total. The Morgan fingerprint density at radius 1 is 1.17 bits per heavy atom. The van der Waals surface area contributed by atoms with E-state index >= 15 is 0 Å². The SMILES string of the molecule is CCCCC(O)CCCON=Nc1ccccc1. The fourth-order valence-electron chi connectivity index (χ4n) is 1.58. The zero-order valence-corrected chi connectivity index (χ0v) is 11.0. The fourth-order valence-corrected chi connectivity index (χ4v) is 1.58. The van der Waals surface area contributed by atoms with Gasteiger partial charge in [0.1, 0.15) is 6.61 Å². The van der Waals surface area contributed by atoms with Crippen LogP contribution in [0.25, 0.3) is 0 Å². The molecule has 0 amide bonds. The van der Waals surface area contributed by atoms with E-state index < -0.39 is 0 Å². The Hall–Kier alpha value is -1.42. The lowest BCUT2D eigenvalue weighted by Crippen LogP contribution is -2.07. The summed E-state index contributed by atoms with van der Waals surface area (Å²) in [5, 5.41) is 17.2. The zero-order valence-electron chi connectivity index (χ0n) is 11.0. The van der Waals surface area contributed by atoms with Gasteiger partial charge in [0.25, 0.3) is 0 Å². The van der Waals surface area contributed by atoms with Crippen LogP contribution in [0.15, 0.2) is 40.7 Å². The Morgan fingerprint density at radius 3 is 2.61 bits per heavy atom. The molecule has 0 saturated heterocycles. The Morgan fingerprint density at radius 2 is 1.89 bits per heavy atom. The smallest absolute Gasteiger partial charge is 0.119 e. The van der Waals surface area contributed by atoms with E-state index in [0.29, 0.717) is 6.61 Å². The van der Waals surface area contributed by atoms with Gasteiger partial charge >= 0.3 is 0 Å². The summed E-state index contributed by atoms with van der Waals surface area (Å²) in [4.78, 5) is 5.04. The van der Waals surface area contributed by atoms with Crippen LogP contribution in [0.3, 0.4) is 0 Å². The fraction of sp³-hybridized carbons (Fsp3) is 0.571. The van der Waals surface area contributed by atoms with E-state index in [9.17, 15) is 5.11 Å². The van der Waals surface area contributed by atoms with E-state index in [1.54, 1.807) is 0 Å². The molecule has 1 aromatic carbocycles. The summed E-state index contributed by atoms with van der Waals surface area (Å²) in [7, 11) is 0. The molecule has 4 nitrogen and oxygen atoms in total. The first kappa shape index (κ1) is 14.6. The van der Waals surface area contributed by atoms with Gasteiger partial charge in [0.05, 0.1) is 11.8 Å². The van der Waals surface area contributed by atoms with Crippen molar-refractivity contribution in [1.82, 2.24) is 0 Å². The van der Waals surface area contributed by atoms with E-state index in [4.69, 9.17) is 4.84 Å². The average molecular weight is 250 g/mol. The van der Waals surface area contributed by atoms with Crippen LogP contribution in [-0.2, 0) is 4.84 Å². The largest absolute Gasteiger partial charge is 0.393 e. The van der Waals surface area contributed by atoms with E-state index in [1.807, 2.05) is 30.3 Å².